The van der Waals surface area contributed by atoms with E-state index < -0.39 is 21.8 Å². The van der Waals surface area contributed by atoms with Gasteiger partial charge in [0.25, 0.3) is 0 Å². The number of anilines is 1. The zero-order valence-electron chi connectivity index (χ0n) is 20.2. The Balaban J connectivity index is 1.42. The standard InChI is InChI=1S/C26H25BrClN3O5S/c1-17-6-7-18(2)24(14-17)37(34,35)31-12-10-30(11-13-31)26(33)25(32)29-22-16-20(28)8-9-23(22)36-21-5-3-4-19(27)15-21/h3-9,14-16H,10-13H2,1-2H3,(H,29,32). The molecule has 0 unspecified atom stereocenters. The smallest absolute Gasteiger partial charge is 0.314 e. The van der Waals surface area contributed by atoms with E-state index in [1.807, 2.05) is 19.1 Å². The Bertz CT molecular complexity index is 1460. The maximum Gasteiger partial charge on any atom is 0.314 e. The van der Waals surface area contributed by atoms with Crippen molar-refractivity contribution in [1.82, 2.24) is 9.21 Å². The minimum absolute atomic E-state index is 0.0865. The van der Waals surface area contributed by atoms with Crippen LogP contribution in [0.15, 0.2) is 70.0 Å². The van der Waals surface area contributed by atoms with Gasteiger partial charge in [0.2, 0.25) is 10.0 Å². The van der Waals surface area contributed by atoms with Crippen molar-refractivity contribution in [1.29, 1.82) is 0 Å². The number of aryl methyl sites for hydroxylation is 2. The summed E-state index contributed by atoms with van der Waals surface area (Å²) in [6.45, 7) is 3.94. The van der Waals surface area contributed by atoms with Gasteiger partial charge in [0.15, 0.2) is 5.75 Å². The van der Waals surface area contributed by atoms with Crippen molar-refractivity contribution in [3.8, 4) is 11.5 Å². The second-order valence-electron chi connectivity index (χ2n) is 8.62. The predicted octanol–water partition coefficient (Wildman–Crippen LogP) is 4.98. The van der Waals surface area contributed by atoms with E-state index in [9.17, 15) is 18.0 Å². The number of rotatable bonds is 5. The Morgan fingerprint density at radius 1 is 0.973 bits per heavy atom. The minimum Gasteiger partial charge on any atom is -0.455 e. The number of ether oxygens (including phenoxy) is 1. The van der Waals surface area contributed by atoms with Gasteiger partial charge in [0.05, 0.1) is 10.6 Å². The maximum absolute atomic E-state index is 13.2. The molecular formula is C26H25BrClN3O5S. The van der Waals surface area contributed by atoms with Crippen LogP contribution in [0.1, 0.15) is 11.1 Å². The molecule has 1 aliphatic rings. The van der Waals surface area contributed by atoms with Gasteiger partial charge in [-0.2, -0.15) is 4.31 Å². The molecule has 3 aromatic rings. The van der Waals surface area contributed by atoms with E-state index in [0.29, 0.717) is 22.1 Å². The molecule has 11 heteroatoms. The minimum atomic E-state index is -3.72. The highest BCUT2D eigenvalue weighted by Gasteiger charge is 2.33. The molecule has 1 saturated heterocycles. The molecule has 8 nitrogen and oxygen atoms in total. The van der Waals surface area contributed by atoms with Gasteiger partial charge in [-0.05, 0) is 67.4 Å². The third kappa shape index (κ3) is 6.32. The molecule has 2 amide bonds. The van der Waals surface area contributed by atoms with E-state index in [0.717, 1.165) is 10.0 Å². The first kappa shape index (κ1) is 27.1. The number of carbonyl (C=O) groups is 2. The van der Waals surface area contributed by atoms with E-state index in [2.05, 4.69) is 21.2 Å². The molecule has 1 heterocycles. The molecule has 1 N–H and O–H groups in total. The summed E-state index contributed by atoms with van der Waals surface area (Å²) in [5.74, 6) is -0.794. The molecule has 0 radical (unpaired) electrons. The predicted molar refractivity (Wildman–Crippen MR) is 146 cm³/mol. The van der Waals surface area contributed by atoms with Crippen molar-refractivity contribution in [3.63, 3.8) is 0 Å². The largest absolute Gasteiger partial charge is 0.455 e. The molecule has 0 spiro atoms. The lowest BCUT2D eigenvalue weighted by atomic mass is 10.2. The highest BCUT2D eigenvalue weighted by atomic mass is 79.9. The number of nitrogens with one attached hydrogen (secondary N) is 1. The van der Waals surface area contributed by atoms with Crippen LogP contribution in [0.4, 0.5) is 5.69 Å². The molecule has 1 aliphatic heterocycles. The third-order valence-electron chi connectivity index (χ3n) is 5.90. The van der Waals surface area contributed by atoms with Gasteiger partial charge >= 0.3 is 11.8 Å². The Kier molecular flexibility index (Phi) is 8.23. The third-order valence-corrected chi connectivity index (χ3v) is 8.66. The number of nitrogens with zero attached hydrogens (tertiary/aromatic N) is 2. The lowest BCUT2D eigenvalue weighted by Gasteiger charge is -2.33. The molecule has 194 valence electrons. The summed E-state index contributed by atoms with van der Waals surface area (Å²) in [7, 11) is -3.72. The van der Waals surface area contributed by atoms with Crippen LogP contribution in [0, 0.1) is 13.8 Å². The van der Waals surface area contributed by atoms with Gasteiger partial charge in [0, 0.05) is 35.7 Å². The number of sulfonamides is 1. The van der Waals surface area contributed by atoms with Crippen LogP contribution < -0.4 is 10.1 Å². The van der Waals surface area contributed by atoms with Crippen LogP contribution in [0.2, 0.25) is 5.02 Å². The summed E-state index contributed by atoms with van der Waals surface area (Å²) >= 11 is 9.50. The topological polar surface area (TPSA) is 96.0 Å². The first-order valence-corrected chi connectivity index (χ1v) is 14.1. The molecule has 1 fully saturated rings. The first-order chi connectivity index (χ1) is 17.5. The van der Waals surface area contributed by atoms with Crippen LogP contribution in [-0.2, 0) is 19.6 Å². The van der Waals surface area contributed by atoms with Crippen molar-refractivity contribution < 1.29 is 22.7 Å². The number of hydrogen-bond acceptors (Lipinski definition) is 5. The highest BCUT2D eigenvalue weighted by Crippen LogP contribution is 2.33. The lowest BCUT2D eigenvalue weighted by molar-refractivity contribution is -0.143. The van der Waals surface area contributed by atoms with E-state index >= 15 is 0 Å². The van der Waals surface area contributed by atoms with Gasteiger partial charge < -0.3 is 15.0 Å². The van der Waals surface area contributed by atoms with Crippen LogP contribution in [0.5, 0.6) is 11.5 Å². The van der Waals surface area contributed by atoms with Crippen molar-refractivity contribution in [3.05, 3.63) is 81.3 Å². The SMILES string of the molecule is Cc1ccc(C)c(S(=O)(=O)N2CCN(C(=O)C(=O)Nc3cc(Cl)ccc3Oc3cccc(Br)c3)CC2)c1. The van der Waals surface area contributed by atoms with E-state index in [1.54, 1.807) is 49.4 Å². The molecule has 0 atom stereocenters. The maximum atomic E-state index is 13.2. The van der Waals surface area contributed by atoms with Crippen LogP contribution in [0.25, 0.3) is 0 Å². The Hall–Kier alpha value is -2.92. The van der Waals surface area contributed by atoms with Crippen molar-refractivity contribution in [2.24, 2.45) is 0 Å². The zero-order chi connectivity index (χ0) is 26.7. The average molecular weight is 607 g/mol. The van der Waals surface area contributed by atoms with Gasteiger partial charge in [-0.1, -0.05) is 45.7 Å². The molecule has 0 aromatic heterocycles. The fraction of sp³-hybridized carbons (Fsp3) is 0.231. The van der Waals surface area contributed by atoms with E-state index in [1.165, 1.54) is 15.3 Å². The second-order valence-corrected chi connectivity index (χ2v) is 11.9. The monoisotopic (exact) mass is 605 g/mol. The number of carbonyl (C=O) groups excluding carboxylic acids is 2. The Morgan fingerprint density at radius 3 is 2.41 bits per heavy atom. The summed E-state index contributed by atoms with van der Waals surface area (Å²) in [5.41, 5.74) is 1.74. The summed E-state index contributed by atoms with van der Waals surface area (Å²) < 4.78 is 34.4. The quantitative estimate of drug-likeness (QED) is 0.413. The number of piperazine rings is 1. The summed E-state index contributed by atoms with van der Waals surface area (Å²) in [4.78, 5) is 27.3. The van der Waals surface area contributed by atoms with Crippen molar-refractivity contribution >= 4 is 55.1 Å². The van der Waals surface area contributed by atoms with Crippen molar-refractivity contribution in [2.45, 2.75) is 18.7 Å². The van der Waals surface area contributed by atoms with Gasteiger partial charge in [-0.25, -0.2) is 8.42 Å². The Labute approximate surface area is 229 Å². The zero-order valence-corrected chi connectivity index (χ0v) is 23.4. The number of amides is 2. The summed E-state index contributed by atoms with van der Waals surface area (Å²) in [5, 5.41) is 2.94. The van der Waals surface area contributed by atoms with Crippen LogP contribution >= 0.6 is 27.5 Å². The van der Waals surface area contributed by atoms with Crippen LogP contribution in [0.3, 0.4) is 0 Å². The van der Waals surface area contributed by atoms with Crippen LogP contribution in [-0.4, -0.2) is 55.6 Å². The summed E-state index contributed by atoms with van der Waals surface area (Å²) in [6, 6.07) is 17.2. The Morgan fingerprint density at radius 2 is 1.70 bits per heavy atom. The summed E-state index contributed by atoms with van der Waals surface area (Å²) in [6.07, 6.45) is 0. The normalized spacial score (nSPS) is 14.3. The van der Waals surface area contributed by atoms with E-state index in [4.69, 9.17) is 16.3 Å². The van der Waals surface area contributed by atoms with Gasteiger partial charge in [-0.3, -0.25) is 9.59 Å². The second kappa shape index (κ2) is 11.2. The van der Waals surface area contributed by atoms with E-state index in [-0.39, 0.29) is 36.8 Å². The fourth-order valence-electron chi connectivity index (χ4n) is 3.92. The number of halogens is 2. The molecule has 3 aromatic carbocycles. The average Bonchev–Trinajstić information content (AvgIpc) is 2.86. The number of benzene rings is 3. The molecule has 4 rings (SSSR count). The molecule has 0 saturated carbocycles. The molecule has 0 aliphatic carbocycles. The molecular weight excluding hydrogens is 582 g/mol. The van der Waals surface area contributed by atoms with Gasteiger partial charge in [-0.15, -0.1) is 0 Å². The fourth-order valence-corrected chi connectivity index (χ4v) is 6.20. The molecule has 37 heavy (non-hydrogen) atoms. The highest BCUT2D eigenvalue weighted by molar-refractivity contribution is 9.10. The van der Waals surface area contributed by atoms with Gasteiger partial charge in [0.1, 0.15) is 5.75 Å². The molecule has 0 bridgehead atoms. The lowest BCUT2D eigenvalue weighted by Crippen LogP contribution is -2.52. The number of hydrogen-bond donors (Lipinski definition) is 1. The first-order valence-electron chi connectivity index (χ1n) is 11.5. The van der Waals surface area contributed by atoms with Crippen molar-refractivity contribution in [2.75, 3.05) is 31.5 Å².